The molecule has 0 amide bonds. The van der Waals surface area contributed by atoms with Gasteiger partial charge in [-0.05, 0) is 177 Å². The average molecular weight is 685 g/mol. The lowest BCUT2D eigenvalue weighted by Crippen LogP contribution is -2.45. The SMILES string of the molecule is C1CCC2CCCC2C1.C=CC1C(CCC)C2CC(C3CCCC3C3CCCC(C)C(C4CCCC(C)C4)C4CCCCC34)CCC2C2CC12. The van der Waals surface area contributed by atoms with Crippen LogP contribution in [0.3, 0.4) is 0 Å². The Hall–Kier alpha value is -0.260. The maximum absolute atomic E-state index is 4.41. The number of hydrogen-bond donors (Lipinski definition) is 0. The minimum Gasteiger partial charge on any atom is -0.103 e. The van der Waals surface area contributed by atoms with Crippen LogP contribution in [0, 0.1) is 107 Å². The lowest BCUT2D eigenvalue weighted by molar-refractivity contribution is -0.0307. The fraction of sp³-hybridized carbons (Fsp3) is 0.960. The van der Waals surface area contributed by atoms with Crippen LogP contribution in [-0.2, 0) is 0 Å². The number of fused-ring (bicyclic) bond motifs is 5. The van der Waals surface area contributed by atoms with E-state index < -0.39 is 0 Å². The summed E-state index contributed by atoms with van der Waals surface area (Å²) < 4.78 is 0. The monoisotopic (exact) mass is 685 g/mol. The molecule has 9 fully saturated rings. The van der Waals surface area contributed by atoms with E-state index in [2.05, 4.69) is 33.4 Å². The van der Waals surface area contributed by atoms with Gasteiger partial charge in [0.25, 0.3) is 0 Å². The number of allylic oxidation sites excluding steroid dienone is 1. The van der Waals surface area contributed by atoms with Crippen LogP contribution >= 0.6 is 0 Å². The maximum atomic E-state index is 4.41. The van der Waals surface area contributed by atoms with Gasteiger partial charge in [-0.15, -0.1) is 6.58 Å². The Bertz CT molecular complexity index is 1060. The molecule has 284 valence electrons. The third kappa shape index (κ3) is 7.52. The molecule has 0 radical (unpaired) electrons. The topological polar surface area (TPSA) is 0 Å². The predicted molar refractivity (Wildman–Crippen MR) is 215 cm³/mol. The molecule has 0 bridgehead atoms. The van der Waals surface area contributed by atoms with Gasteiger partial charge in [0, 0.05) is 0 Å². The highest BCUT2D eigenvalue weighted by Crippen LogP contribution is 2.66. The van der Waals surface area contributed by atoms with Gasteiger partial charge < -0.3 is 0 Å². The third-order valence-electron chi connectivity index (χ3n) is 19.2. The summed E-state index contributed by atoms with van der Waals surface area (Å²) in [4.78, 5) is 0. The molecule has 0 heteroatoms. The largest absolute Gasteiger partial charge is 0.103 e. The fourth-order valence-corrected chi connectivity index (χ4v) is 17.2. The van der Waals surface area contributed by atoms with Crippen molar-refractivity contribution in [2.24, 2.45) is 107 Å². The summed E-state index contributed by atoms with van der Waals surface area (Å²) in [6.45, 7) is 12.2. The lowest BCUT2D eigenvalue weighted by Gasteiger charge is -2.52. The first-order valence-corrected chi connectivity index (χ1v) is 24.2. The quantitative estimate of drug-likeness (QED) is 0.244. The fourth-order valence-electron chi connectivity index (χ4n) is 17.2. The molecular weight excluding hydrogens is 601 g/mol. The first-order valence-electron chi connectivity index (χ1n) is 24.2. The van der Waals surface area contributed by atoms with E-state index in [1.165, 1.54) is 56.8 Å². The van der Waals surface area contributed by atoms with E-state index in [0.717, 1.165) is 94.7 Å². The summed E-state index contributed by atoms with van der Waals surface area (Å²) >= 11 is 0. The van der Waals surface area contributed by atoms with E-state index in [0.29, 0.717) is 0 Å². The van der Waals surface area contributed by atoms with E-state index in [1.54, 1.807) is 128 Å². The highest BCUT2D eigenvalue weighted by atomic mass is 14.6. The minimum atomic E-state index is 0.856. The van der Waals surface area contributed by atoms with Crippen molar-refractivity contribution in [1.29, 1.82) is 0 Å². The highest BCUT2D eigenvalue weighted by molar-refractivity contribution is 5.11. The van der Waals surface area contributed by atoms with Crippen molar-refractivity contribution in [1.82, 2.24) is 0 Å². The standard InChI is InChI=1S/C41H68.C9H16/c1-5-12-32-30(6-2)39-25-40(39)36-22-21-28(24-38(32)36)31-18-11-20-33(31)34-19-10-14-27(4)41(29-15-9-13-26(3)23-29)37-17-8-7-16-35(34)37;1-2-5-9-7-3-6-8(9)4-1/h6,26-41H,2,5,7-25H2,1,3-4H3;8-9H,1-7H2. The second kappa shape index (κ2) is 16.6. The molecule has 9 saturated carbocycles. The number of rotatable bonds is 6. The van der Waals surface area contributed by atoms with E-state index in [9.17, 15) is 0 Å². The van der Waals surface area contributed by atoms with E-state index in [4.69, 9.17) is 0 Å². The van der Waals surface area contributed by atoms with Crippen molar-refractivity contribution in [2.75, 3.05) is 0 Å². The Morgan fingerprint density at radius 1 is 0.440 bits per heavy atom. The second-order valence-electron chi connectivity index (χ2n) is 21.5. The second-order valence-corrected chi connectivity index (χ2v) is 21.5. The van der Waals surface area contributed by atoms with Crippen LogP contribution in [0.15, 0.2) is 12.7 Å². The molecule has 0 aromatic heterocycles. The summed E-state index contributed by atoms with van der Waals surface area (Å²) in [7, 11) is 0. The summed E-state index contributed by atoms with van der Waals surface area (Å²) in [5.41, 5.74) is 0. The van der Waals surface area contributed by atoms with Crippen LogP contribution in [0.2, 0.25) is 0 Å². The minimum absolute atomic E-state index is 0.856. The molecule has 18 atom stereocenters. The molecule has 0 aromatic rings. The molecule has 0 spiro atoms. The van der Waals surface area contributed by atoms with Crippen molar-refractivity contribution in [3.63, 3.8) is 0 Å². The number of hydrogen-bond acceptors (Lipinski definition) is 0. The molecule has 50 heavy (non-hydrogen) atoms. The summed E-state index contributed by atoms with van der Waals surface area (Å²) in [5.74, 6) is 18.9. The van der Waals surface area contributed by atoms with Crippen LogP contribution in [0.25, 0.3) is 0 Å². The van der Waals surface area contributed by atoms with Crippen LogP contribution < -0.4 is 0 Å². The van der Waals surface area contributed by atoms with E-state index in [1.807, 2.05) is 0 Å². The maximum Gasteiger partial charge on any atom is -0.0174 e. The van der Waals surface area contributed by atoms with Gasteiger partial charge in [0.2, 0.25) is 0 Å². The summed E-state index contributed by atoms with van der Waals surface area (Å²) in [5, 5.41) is 0. The van der Waals surface area contributed by atoms with Crippen LogP contribution in [0.1, 0.15) is 194 Å². The van der Waals surface area contributed by atoms with E-state index >= 15 is 0 Å². The first kappa shape index (κ1) is 36.7. The van der Waals surface area contributed by atoms with Gasteiger partial charge in [-0.2, -0.15) is 0 Å². The van der Waals surface area contributed by atoms with Crippen LogP contribution in [-0.4, -0.2) is 0 Å². The zero-order valence-corrected chi connectivity index (χ0v) is 33.8. The third-order valence-corrected chi connectivity index (χ3v) is 19.2. The molecule has 9 aliphatic carbocycles. The van der Waals surface area contributed by atoms with E-state index in [-0.39, 0.29) is 0 Å². The smallest absolute Gasteiger partial charge is 0.0174 e. The Morgan fingerprint density at radius 3 is 1.74 bits per heavy atom. The Balaban J connectivity index is 0.000000346. The molecular formula is C50H84. The molecule has 0 heterocycles. The van der Waals surface area contributed by atoms with Gasteiger partial charge in [0.15, 0.2) is 0 Å². The molecule has 0 aromatic carbocycles. The van der Waals surface area contributed by atoms with Crippen molar-refractivity contribution >= 4 is 0 Å². The Kier molecular flexibility index (Phi) is 12.2. The zero-order chi connectivity index (χ0) is 34.2. The van der Waals surface area contributed by atoms with Gasteiger partial charge in [0.05, 0.1) is 0 Å². The van der Waals surface area contributed by atoms with Gasteiger partial charge >= 0.3 is 0 Å². The first-order chi connectivity index (χ1) is 24.6. The van der Waals surface area contributed by atoms with Crippen molar-refractivity contribution in [3.8, 4) is 0 Å². The molecule has 0 aliphatic heterocycles. The Morgan fingerprint density at radius 2 is 1.00 bits per heavy atom. The van der Waals surface area contributed by atoms with Crippen LogP contribution in [0.5, 0.6) is 0 Å². The zero-order valence-electron chi connectivity index (χ0n) is 33.8. The van der Waals surface area contributed by atoms with Gasteiger partial charge in [0.1, 0.15) is 0 Å². The highest BCUT2D eigenvalue weighted by Gasteiger charge is 2.59. The van der Waals surface area contributed by atoms with Gasteiger partial charge in [-0.25, -0.2) is 0 Å². The predicted octanol–water partition coefficient (Wildman–Crippen LogP) is 15.0. The molecule has 9 aliphatic rings. The lowest BCUT2D eigenvalue weighted by atomic mass is 9.53. The molecule has 9 rings (SSSR count). The van der Waals surface area contributed by atoms with Gasteiger partial charge in [-0.1, -0.05) is 130 Å². The normalized spacial score (nSPS) is 51.7. The summed E-state index contributed by atoms with van der Waals surface area (Å²) in [6.07, 6.45) is 44.4. The Labute approximate surface area is 312 Å². The van der Waals surface area contributed by atoms with Crippen molar-refractivity contribution < 1.29 is 0 Å². The van der Waals surface area contributed by atoms with Crippen LogP contribution in [0.4, 0.5) is 0 Å². The van der Waals surface area contributed by atoms with Crippen molar-refractivity contribution in [3.05, 3.63) is 12.7 Å². The summed E-state index contributed by atoms with van der Waals surface area (Å²) in [6, 6.07) is 0. The van der Waals surface area contributed by atoms with Gasteiger partial charge in [-0.3, -0.25) is 0 Å². The molecule has 0 N–H and O–H groups in total. The molecule has 0 saturated heterocycles. The van der Waals surface area contributed by atoms with Crippen molar-refractivity contribution in [2.45, 2.75) is 194 Å². The molecule has 0 nitrogen and oxygen atoms in total. The average Bonchev–Trinajstić information content (AvgIpc) is 3.52. The molecule has 18 unspecified atom stereocenters.